The summed E-state index contributed by atoms with van der Waals surface area (Å²) >= 11 is 0. The van der Waals surface area contributed by atoms with Crippen molar-refractivity contribution in [1.82, 2.24) is 5.32 Å². The van der Waals surface area contributed by atoms with Crippen LogP contribution in [0.4, 0.5) is 0 Å². The summed E-state index contributed by atoms with van der Waals surface area (Å²) in [5.41, 5.74) is 2.24. The third kappa shape index (κ3) is 5.92. The molecule has 4 nitrogen and oxygen atoms in total. The Labute approximate surface area is 122 Å². The van der Waals surface area contributed by atoms with Crippen LogP contribution < -0.4 is 10.1 Å². The SMILES string of the molecule is CCNC(C)c1ccc(C)cc1OCCCS(C)(=O)=O. The van der Waals surface area contributed by atoms with Gasteiger partial charge in [-0.3, -0.25) is 0 Å². The third-order valence-electron chi connectivity index (χ3n) is 3.06. The predicted molar refractivity (Wildman–Crippen MR) is 83.1 cm³/mol. The fourth-order valence-corrected chi connectivity index (χ4v) is 2.69. The molecule has 1 rings (SSSR count). The summed E-state index contributed by atoms with van der Waals surface area (Å²) in [7, 11) is -2.91. The molecule has 1 aromatic carbocycles. The lowest BCUT2D eigenvalue weighted by Gasteiger charge is -2.18. The maximum absolute atomic E-state index is 11.1. The smallest absolute Gasteiger partial charge is 0.147 e. The standard InChI is InChI=1S/C15H25NO3S/c1-5-16-13(3)14-8-7-12(2)11-15(14)19-9-6-10-20(4,17)18/h7-8,11,13,16H,5-6,9-10H2,1-4H3. The van der Waals surface area contributed by atoms with Gasteiger partial charge in [0, 0.05) is 17.9 Å². The Morgan fingerprint density at radius 3 is 2.65 bits per heavy atom. The van der Waals surface area contributed by atoms with E-state index in [1.165, 1.54) is 6.26 Å². The Morgan fingerprint density at radius 1 is 1.35 bits per heavy atom. The van der Waals surface area contributed by atoms with Crippen molar-refractivity contribution < 1.29 is 13.2 Å². The second kappa shape index (κ2) is 7.64. The molecule has 114 valence electrons. The number of sulfone groups is 1. The minimum absolute atomic E-state index is 0.164. The molecule has 1 aromatic rings. The van der Waals surface area contributed by atoms with E-state index < -0.39 is 9.84 Å². The lowest BCUT2D eigenvalue weighted by Crippen LogP contribution is -2.19. The molecule has 0 fully saturated rings. The highest BCUT2D eigenvalue weighted by Crippen LogP contribution is 2.26. The zero-order valence-corrected chi connectivity index (χ0v) is 13.6. The summed E-state index contributed by atoms with van der Waals surface area (Å²) in [6.07, 6.45) is 1.76. The lowest BCUT2D eigenvalue weighted by atomic mass is 10.0. The van der Waals surface area contributed by atoms with Crippen LogP contribution in [0.5, 0.6) is 5.75 Å². The van der Waals surface area contributed by atoms with Gasteiger partial charge in [0.1, 0.15) is 15.6 Å². The molecular formula is C15H25NO3S. The number of aryl methyl sites for hydroxylation is 1. The van der Waals surface area contributed by atoms with Crippen LogP contribution in [0.1, 0.15) is 37.4 Å². The molecule has 0 aliphatic heterocycles. The highest BCUT2D eigenvalue weighted by molar-refractivity contribution is 7.90. The van der Waals surface area contributed by atoms with Crippen LogP contribution >= 0.6 is 0 Å². The zero-order valence-electron chi connectivity index (χ0n) is 12.8. The fourth-order valence-electron chi connectivity index (χ4n) is 2.04. The summed E-state index contributed by atoms with van der Waals surface area (Å²) in [4.78, 5) is 0. The minimum atomic E-state index is -2.91. The van der Waals surface area contributed by atoms with Gasteiger partial charge in [-0.25, -0.2) is 8.42 Å². The second-order valence-corrected chi connectivity index (χ2v) is 7.41. The Morgan fingerprint density at radius 2 is 2.05 bits per heavy atom. The van der Waals surface area contributed by atoms with Crippen LogP contribution in [-0.2, 0) is 9.84 Å². The summed E-state index contributed by atoms with van der Waals surface area (Å²) in [5, 5.41) is 3.36. The van der Waals surface area contributed by atoms with Gasteiger partial charge in [0.2, 0.25) is 0 Å². The molecule has 0 saturated carbocycles. The van der Waals surface area contributed by atoms with Gasteiger partial charge in [-0.2, -0.15) is 0 Å². The molecule has 1 atom stereocenters. The number of rotatable bonds is 8. The normalized spacial score (nSPS) is 13.2. The van der Waals surface area contributed by atoms with Crippen molar-refractivity contribution in [3.05, 3.63) is 29.3 Å². The van der Waals surface area contributed by atoms with Crippen LogP contribution in [0, 0.1) is 6.92 Å². The minimum Gasteiger partial charge on any atom is -0.493 e. The molecule has 0 aliphatic rings. The molecule has 0 spiro atoms. The van der Waals surface area contributed by atoms with Crippen LogP contribution in [0.2, 0.25) is 0 Å². The first-order valence-electron chi connectivity index (χ1n) is 6.98. The number of ether oxygens (including phenoxy) is 1. The van der Waals surface area contributed by atoms with Gasteiger partial charge in [-0.1, -0.05) is 19.1 Å². The number of hydrogen-bond donors (Lipinski definition) is 1. The predicted octanol–water partition coefficient (Wildman–Crippen LogP) is 2.48. The monoisotopic (exact) mass is 299 g/mol. The molecule has 1 N–H and O–H groups in total. The van der Waals surface area contributed by atoms with Crippen molar-refractivity contribution in [2.75, 3.05) is 25.2 Å². The van der Waals surface area contributed by atoms with Crippen LogP contribution in [-0.4, -0.2) is 33.6 Å². The van der Waals surface area contributed by atoms with Crippen molar-refractivity contribution in [2.45, 2.75) is 33.2 Å². The van der Waals surface area contributed by atoms with Gasteiger partial charge in [0.15, 0.2) is 0 Å². The number of benzene rings is 1. The van der Waals surface area contributed by atoms with E-state index in [-0.39, 0.29) is 11.8 Å². The summed E-state index contributed by atoms with van der Waals surface area (Å²) in [6, 6.07) is 6.34. The zero-order chi connectivity index (χ0) is 15.2. The third-order valence-corrected chi connectivity index (χ3v) is 4.09. The molecule has 0 amide bonds. The maximum Gasteiger partial charge on any atom is 0.147 e. The van der Waals surface area contributed by atoms with Gasteiger partial charge in [-0.15, -0.1) is 0 Å². The van der Waals surface area contributed by atoms with Crippen LogP contribution in [0.3, 0.4) is 0 Å². The van der Waals surface area contributed by atoms with Crippen LogP contribution in [0.15, 0.2) is 18.2 Å². The molecule has 0 aliphatic carbocycles. The van der Waals surface area contributed by atoms with Gasteiger partial charge in [0.25, 0.3) is 0 Å². The Hall–Kier alpha value is -1.07. The summed E-state index contributed by atoms with van der Waals surface area (Å²) in [6.45, 7) is 7.49. The highest BCUT2D eigenvalue weighted by Gasteiger charge is 2.11. The topological polar surface area (TPSA) is 55.4 Å². The summed E-state index contributed by atoms with van der Waals surface area (Å²) < 4.78 is 28.0. The van der Waals surface area contributed by atoms with E-state index >= 15 is 0 Å². The van der Waals surface area contributed by atoms with E-state index in [0.29, 0.717) is 13.0 Å². The summed E-state index contributed by atoms with van der Waals surface area (Å²) in [5.74, 6) is 1.00. The van der Waals surface area contributed by atoms with E-state index in [9.17, 15) is 8.42 Å². The average Bonchev–Trinajstić information content (AvgIpc) is 2.34. The van der Waals surface area contributed by atoms with Crippen LogP contribution in [0.25, 0.3) is 0 Å². The van der Waals surface area contributed by atoms with Gasteiger partial charge >= 0.3 is 0 Å². The molecular weight excluding hydrogens is 274 g/mol. The molecule has 0 heterocycles. The number of nitrogens with one attached hydrogen (secondary N) is 1. The molecule has 20 heavy (non-hydrogen) atoms. The van der Waals surface area contributed by atoms with Crippen molar-refractivity contribution in [3.63, 3.8) is 0 Å². The van der Waals surface area contributed by atoms with E-state index in [4.69, 9.17) is 4.74 Å². The van der Waals surface area contributed by atoms with E-state index in [2.05, 4.69) is 31.3 Å². The largest absolute Gasteiger partial charge is 0.493 e. The molecule has 0 aromatic heterocycles. The quantitative estimate of drug-likeness (QED) is 0.749. The average molecular weight is 299 g/mol. The molecule has 0 radical (unpaired) electrons. The molecule has 1 unspecified atom stereocenters. The first kappa shape index (κ1) is 17.0. The van der Waals surface area contributed by atoms with E-state index in [0.717, 1.165) is 23.4 Å². The second-order valence-electron chi connectivity index (χ2n) is 5.15. The van der Waals surface area contributed by atoms with E-state index in [1.807, 2.05) is 13.0 Å². The molecule has 5 heteroatoms. The van der Waals surface area contributed by atoms with Crippen molar-refractivity contribution in [2.24, 2.45) is 0 Å². The Kier molecular flexibility index (Phi) is 6.49. The first-order chi connectivity index (χ1) is 9.33. The van der Waals surface area contributed by atoms with Gasteiger partial charge in [-0.05, 0) is 38.4 Å². The molecule has 0 saturated heterocycles. The molecule has 0 bridgehead atoms. The van der Waals surface area contributed by atoms with E-state index in [1.54, 1.807) is 0 Å². The van der Waals surface area contributed by atoms with Crippen molar-refractivity contribution >= 4 is 9.84 Å². The van der Waals surface area contributed by atoms with Gasteiger partial charge < -0.3 is 10.1 Å². The number of hydrogen-bond acceptors (Lipinski definition) is 4. The lowest BCUT2D eigenvalue weighted by molar-refractivity contribution is 0.311. The maximum atomic E-state index is 11.1. The van der Waals surface area contributed by atoms with Gasteiger partial charge in [0.05, 0.1) is 12.4 Å². The fraction of sp³-hybridized carbons (Fsp3) is 0.600. The van der Waals surface area contributed by atoms with Crippen molar-refractivity contribution in [1.29, 1.82) is 0 Å². The van der Waals surface area contributed by atoms with Crippen molar-refractivity contribution in [3.8, 4) is 5.75 Å². The Bertz CT molecular complexity index is 526. The first-order valence-corrected chi connectivity index (χ1v) is 9.04. The highest BCUT2D eigenvalue weighted by atomic mass is 32.2. The Balaban J connectivity index is 2.69.